The van der Waals surface area contributed by atoms with Crippen molar-refractivity contribution in [2.45, 2.75) is 38.8 Å². The predicted octanol–water partition coefficient (Wildman–Crippen LogP) is 1.85. The standard InChI is InChI=1S/C27H36N6O7/c1-4-40-27(38)33-14-12-32(13-15-33)26(37)20(10-11-23(34)35)30-25(36)21-16-22(28-18(2)17-39-3)31-24(29-21)19-8-6-5-7-9-19/h5-9,16,18,20H,4,10-15,17H2,1-3H3,(H,30,36)(H,34,35)(H,28,29,31)/t18-,20?/m0/s1. The Morgan fingerprint density at radius 2 is 1.73 bits per heavy atom. The minimum absolute atomic E-state index is 0.0150. The second-order valence-corrected chi connectivity index (χ2v) is 9.30. The van der Waals surface area contributed by atoms with E-state index in [1.165, 1.54) is 15.9 Å². The summed E-state index contributed by atoms with van der Waals surface area (Å²) in [5, 5.41) is 15.1. The number of hydrogen-bond donors (Lipinski definition) is 3. The topological polar surface area (TPSA) is 163 Å². The number of anilines is 1. The molecule has 13 heteroatoms. The van der Waals surface area contributed by atoms with Gasteiger partial charge in [0, 0.05) is 57.4 Å². The SMILES string of the molecule is CCOC(=O)N1CCN(C(=O)C(CCC(=O)O)NC(=O)c2cc(N[C@@H](C)COC)nc(-c3ccccc3)n2)CC1. The Labute approximate surface area is 232 Å². The number of carbonyl (C=O) groups excluding carboxylic acids is 3. The van der Waals surface area contributed by atoms with Gasteiger partial charge in [0.25, 0.3) is 5.91 Å². The van der Waals surface area contributed by atoms with Crippen LogP contribution in [0.25, 0.3) is 11.4 Å². The van der Waals surface area contributed by atoms with Gasteiger partial charge in [-0.3, -0.25) is 14.4 Å². The van der Waals surface area contributed by atoms with Crippen LogP contribution in [0.2, 0.25) is 0 Å². The maximum atomic E-state index is 13.4. The summed E-state index contributed by atoms with van der Waals surface area (Å²) in [4.78, 5) is 62.1. The maximum absolute atomic E-state index is 13.4. The van der Waals surface area contributed by atoms with Crippen molar-refractivity contribution in [3.8, 4) is 11.4 Å². The fraction of sp³-hybridized carbons (Fsp3) is 0.481. The molecule has 1 aliphatic heterocycles. The van der Waals surface area contributed by atoms with E-state index in [2.05, 4.69) is 20.6 Å². The highest BCUT2D eigenvalue weighted by Gasteiger charge is 2.31. The van der Waals surface area contributed by atoms with Gasteiger partial charge in [0.2, 0.25) is 5.91 Å². The first kappa shape index (κ1) is 30.3. The highest BCUT2D eigenvalue weighted by atomic mass is 16.6. The molecule has 0 aliphatic carbocycles. The Kier molecular flexibility index (Phi) is 11.2. The summed E-state index contributed by atoms with van der Waals surface area (Å²) in [6.45, 7) is 5.27. The second-order valence-electron chi connectivity index (χ2n) is 9.30. The Morgan fingerprint density at radius 1 is 1.05 bits per heavy atom. The van der Waals surface area contributed by atoms with Gasteiger partial charge in [0.05, 0.1) is 13.2 Å². The Hall–Kier alpha value is -4.26. The molecule has 2 atom stereocenters. The van der Waals surface area contributed by atoms with Crippen LogP contribution in [0.1, 0.15) is 37.2 Å². The summed E-state index contributed by atoms with van der Waals surface area (Å²) in [5.74, 6) is -1.46. The van der Waals surface area contributed by atoms with Crippen LogP contribution in [0.3, 0.4) is 0 Å². The minimum Gasteiger partial charge on any atom is -0.481 e. The first-order valence-electron chi connectivity index (χ1n) is 13.1. The van der Waals surface area contributed by atoms with Crippen molar-refractivity contribution in [2.75, 3.05) is 51.8 Å². The molecule has 0 radical (unpaired) electrons. The van der Waals surface area contributed by atoms with Gasteiger partial charge in [-0.2, -0.15) is 0 Å². The van der Waals surface area contributed by atoms with Gasteiger partial charge in [0.1, 0.15) is 17.6 Å². The number of nitrogens with zero attached hydrogens (tertiary/aromatic N) is 4. The lowest BCUT2D eigenvalue weighted by atomic mass is 10.1. The Bertz CT molecular complexity index is 1170. The molecule has 2 heterocycles. The number of carboxylic acid groups (broad SMARTS) is 1. The molecule has 1 aromatic carbocycles. The van der Waals surface area contributed by atoms with Crippen LogP contribution in [0.5, 0.6) is 0 Å². The molecule has 1 fully saturated rings. The summed E-state index contributed by atoms with van der Waals surface area (Å²) in [6.07, 6.45) is -0.877. The van der Waals surface area contributed by atoms with Crippen LogP contribution < -0.4 is 10.6 Å². The smallest absolute Gasteiger partial charge is 0.409 e. The number of nitrogens with one attached hydrogen (secondary N) is 2. The second kappa shape index (κ2) is 14.8. The number of aromatic nitrogens is 2. The lowest BCUT2D eigenvalue weighted by molar-refractivity contribution is -0.138. The molecule has 40 heavy (non-hydrogen) atoms. The molecule has 13 nitrogen and oxygen atoms in total. The largest absolute Gasteiger partial charge is 0.481 e. The van der Waals surface area contributed by atoms with Crippen molar-refractivity contribution < 1.29 is 33.8 Å². The van der Waals surface area contributed by atoms with E-state index >= 15 is 0 Å². The van der Waals surface area contributed by atoms with Crippen molar-refractivity contribution >= 4 is 29.7 Å². The van der Waals surface area contributed by atoms with Crippen LogP contribution in [0.15, 0.2) is 36.4 Å². The summed E-state index contributed by atoms with van der Waals surface area (Å²) < 4.78 is 10.2. The van der Waals surface area contributed by atoms with Gasteiger partial charge in [-0.1, -0.05) is 30.3 Å². The van der Waals surface area contributed by atoms with Gasteiger partial charge < -0.3 is 35.0 Å². The van der Waals surface area contributed by atoms with Crippen molar-refractivity contribution in [2.24, 2.45) is 0 Å². The fourth-order valence-corrected chi connectivity index (χ4v) is 4.20. The third kappa shape index (κ3) is 8.63. The number of rotatable bonds is 12. The molecule has 1 saturated heterocycles. The monoisotopic (exact) mass is 556 g/mol. The van der Waals surface area contributed by atoms with Crippen molar-refractivity contribution in [1.82, 2.24) is 25.1 Å². The molecule has 0 spiro atoms. The molecule has 3 N–H and O–H groups in total. The first-order valence-corrected chi connectivity index (χ1v) is 13.1. The van der Waals surface area contributed by atoms with Gasteiger partial charge >= 0.3 is 12.1 Å². The molecule has 3 amide bonds. The molecule has 2 aromatic rings. The third-order valence-electron chi connectivity index (χ3n) is 6.17. The van der Waals surface area contributed by atoms with E-state index in [-0.39, 0.29) is 57.4 Å². The van der Waals surface area contributed by atoms with Crippen LogP contribution >= 0.6 is 0 Å². The van der Waals surface area contributed by atoms with E-state index < -0.39 is 29.9 Å². The van der Waals surface area contributed by atoms with Crippen LogP contribution in [0.4, 0.5) is 10.6 Å². The summed E-state index contributed by atoms with van der Waals surface area (Å²) >= 11 is 0. The number of aliphatic carboxylic acids is 1. The fourth-order valence-electron chi connectivity index (χ4n) is 4.20. The molecule has 1 aliphatic rings. The number of methoxy groups -OCH3 is 1. The van der Waals surface area contributed by atoms with Crippen molar-refractivity contribution in [3.63, 3.8) is 0 Å². The van der Waals surface area contributed by atoms with E-state index in [1.807, 2.05) is 37.3 Å². The number of carboxylic acids is 1. The molecular weight excluding hydrogens is 520 g/mol. The highest BCUT2D eigenvalue weighted by Crippen LogP contribution is 2.19. The van der Waals surface area contributed by atoms with Gasteiger partial charge in [-0.15, -0.1) is 0 Å². The quantitative estimate of drug-likeness (QED) is 0.352. The molecule has 3 rings (SSSR count). The molecule has 1 aromatic heterocycles. The van der Waals surface area contributed by atoms with Crippen molar-refractivity contribution in [1.29, 1.82) is 0 Å². The van der Waals surface area contributed by atoms with E-state index in [0.717, 1.165) is 0 Å². The number of ether oxygens (including phenoxy) is 2. The Balaban J connectivity index is 1.81. The zero-order valence-electron chi connectivity index (χ0n) is 23.0. The van der Waals surface area contributed by atoms with E-state index in [0.29, 0.717) is 23.8 Å². The van der Waals surface area contributed by atoms with E-state index in [1.54, 1.807) is 14.0 Å². The summed E-state index contributed by atoms with van der Waals surface area (Å²) in [6, 6.07) is 9.40. The van der Waals surface area contributed by atoms with Crippen LogP contribution in [-0.2, 0) is 19.1 Å². The molecule has 1 unspecified atom stereocenters. The lowest BCUT2D eigenvalue weighted by Gasteiger charge is -2.35. The third-order valence-corrected chi connectivity index (χ3v) is 6.17. The maximum Gasteiger partial charge on any atom is 0.409 e. The molecular formula is C27H36N6O7. The van der Waals surface area contributed by atoms with Crippen molar-refractivity contribution in [3.05, 3.63) is 42.1 Å². The van der Waals surface area contributed by atoms with E-state index in [9.17, 15) is 24.3 Å². The lowest BCUT2D eigenvalue weighted by Crippen LogP contribution is -2.56. The first-order chi connectivity index (χ1) is 19.2. The number of carbonyl (C=O) groups is 4. The minimum atomic E-state index is -1.10. The average molecular weight is 557 g/mol. The molecule has 0 saturated carbocycles. The highest BCUT2D eigenvalue weighted by molar-refractivity contribution is 5.97. The average Bonchev–Trinajstić information content (AvgIpc) is 2.95. The Morgan fingerprint density at radius 3 is 2.35 bits per heavy atom. The summed E-state index contributed by atoms with van der Waals surface area (Å²) in [7, 11) is 1.58. The van der Waals surface area contributed by atoms with E-state index in [4.69, 9.17) is 9.47 Å². The summed E-state index contributed by atoms with van der Waals surface area (Å²) in [5.41, 5.74) is 0.707. The molecule has 0 bridgehead atoms. The molecule has 216 valence electrons. The van der Waals surface area contributed by atoms with Gasteiger partial charge in [-0.25, -0.2) is 14.8 Å². The normalized spacial score (nSPS) is 14.7. The number of piperazine rings is 1. The number of amides is 3. The van der Waals surface area contributed by atoms with Crippen LogP contribution in [-0.4, -0.2) is 107 Å². The zero-order valence-corrected chi connectivity index (χ0v) is 23.0. The number of benzene rings is 1. The van der Waals surface area contributed by atoms with Gasteiger partial charge in [-0.05, 0) is 20.3 Å². The van der Waals surface area contributed by atoms with Gasteiger partial charge in [0.15, 0.2) is 5.82 Å². The number of hydrogen-bond acceptors (Lipinski definition) is 9. The zero-order chi connectivity index (χ0) is 29.1. The predicted molar refractivity (Wildman–Crippen MR) is 146 cm³/mol. The van der Waals surface area contributed by atoms with Crippen LogP contribution in [0, 0.1) is 0 Å².